The molecule has 0 aliphatic carbocycles. The van der Waals surface area contributed by atoms with E-state index < -0.39 is 0 Å². The third-order valence-electron chi connectivity index (χ3n) is 10.4. The summed E-state index contributed by atoms with van der Waals surface area (Å²) >= 11 is 1.73. The van der Waals surface area contributed by atoms with Crippen molar-refractivity contribution in [2.45, 2.75) is 6.17 Å². The molecular formula is C49H31N5OS. The van der Waals surface area contributed by atoms with E-state index in [1.165, 1.54) is 4.70 Å². The van der Waals surface area contributed by atoms with E-state index in [0.717, 1.165) is 88.0 Å². The lowest BCUT2D eigenvalue weighted by molar-refractivity contribution is 0.669. The maximum atomic E-state index is 6.61. The Kier molecular flexibility index (Phi) is 7.64. The third-order valence-corrected chi connectivity index (χ3v) is 11.6. The molecule has 6 nitrogen and oxygen atoms in total. The lowest BCUT2D eigenvalue weighted by atomic mass is 9.95. The molecule has 0 radical (unpaired) electrons. The van der Waals surface area contributed by atoms with Gasteiger partial charge in [-0.15, -0.1) is 11.3 Å². The van der Waals surface area contributed by atoms with Gasteiger partial charge in [0.1, 0.15) is 23.2 Å². The first kappa shape index (κ1) is 32.2. The molecule has 0 saturated heterocycles. The van der Waals surface area contributed by atoms with Crippen LogP contribution in [0, 0.1) is 0 Å². The number of aliphatic imine (C=N–C) groups is 2. The maximum absolute atomic E-state index is 6.61. The summed E-state index contributed by atoms with van der Waals surface area (Å²) in [7, 11) is 0. The van der Waals surface area contributed by atoms with Crippen LogP contribution in [0.15, 0.2) is 190 Å². The molecule has 11 rings (SSSR count). The Labute approximate surface area is 326 Å². The van der Waals surface area contributed by atoms with Crippen molar-refractivity contribution < 1.29 is 4.42 Å². The zero-order valence-electron chi connectivity index (χ0n) is 29.9. The fraction of sp³-hybridized carbons (Fsp3) is 0.0204. The van der Waals surface area contributed by atoms with Crippen molar-refractivity contribution >= 4 is 65.2 Å². The van der Waals surface area contributed by atoms with Crippen molar-refractivity contribution in [2.75, 3.05) is 0 Å². The van der Waals surface area contributed by atoms with Crippen LogP contribution in [-0.2, 0) is 0 Å². The SMILES string of the molecule is c1ccc(C2=NC(c3ccc(-c4cccc5oc6cccc(-c7nc(-c8ccccc8)nc8c7sc7ccccc78)c6c45)cc3)=NC(c3ccccc3)N2)cc1. The number of nitrogens with zero attached hydrogens (tertiary/aromatic N) is 4. The standard InChI is InChI=1S/C49H31N5OS/c1-4-14-31(15-5-1)46-50-43-36-20-10-11-25-40(36)56-45(43)44(51-46)37-22-13-24-39-42(37)41-35(21-12-23-38(41)55-39)30-26-28-34(29-27-30)49-53-47(32-16-6-2-7-17-32)52-48(54-49)33-18-8-3-9-19-33/h1-29,47H,(H,52,53,54). The summed E-state index contributed by atoms with van der Waals surface area (Å²) < 4.78 is 8.84. The summed E-state index contributed by atoms with van der Waals surface area (Å²) in [5.41, 5.74) is 10.7. The van der Waals surface area contributed by atoms with Gasteiger partial charge in [-0.25, -0.2) is 20.0 Å². The Morgan fingerprint density at radius 3 is 1.89 bits per heavy atom. The van der Waals surface area contributed by atoms with Gasteiger partial charge in [0.2, 0.25) is 0 Å². The van der Waals surface area contributed by atoms with Gasteiger partial charge in [0.05, 0.1) is 15.9 Å². The monoisotopic (exact) mass is 737 g/mol. The fourth-order valence-corrected chi connectivity index (χ4v) is 8.87. The number of benzene rings is 7. The highest BCUT2D eigenvalue weighted by molar-refractivity contribution is 7.26. The molecule has 264 valence electrons. The number of hydrogen-bond acceptors (Lipinski definition) is 7. The van der Waals surface area contributed by atoms with E-state index in [4.69, 9.17) is 24.4 Å². The van der Waals surface area contributed by atoms with E-state index in [1.54, 1.807) is 11.3 Å². The second-order valence-corrected chi connectivity index (χ2v) is 14.9. The van der Waals surface area contributed by atoms with Crippen LogP contribution in [0.4, 0.5) is 0 Å². The van der Waals surface area contributed by atoms with E-state index in [0.29, 0.717) is 11.7 Å². The van der Waals surface area contributed by atoms with Crippen molar-refractivity contribution in [3.05, 3.63) is 193 Å². The van der Waals surface area contributed by atoms with Gasteiger partial charge in [-0.05, 0) is 34.9 Å². The highest BCUT2D eigenvalue weighted by Gasteiger charge is 2.23. The van der Waals surface area contributed by atoms with Crippen LogP contribution in [0.3, 0.4) is 0 Å². The molecule has 0 amide bonds. The molecule has 0 spiro atoms. The predicted octanol–water partition coefficient (Wildman–Crippen LogP) is 12.2. The van der Waals surface area contributed by atoms with Crippen molar-refractivity contribution in [2.24, 2.45) is 9.98 Å². The van der Waals surface area contributed by atoms with Crippen LogP contribution >= 0.6 is 11.3 Å². The van der Waals surface area contributed by atoms with Gasteiger partial charge >= 0.3 is 0 Å². The second-order valence-electron chi connectivity index (χ2n) is 13.8. The Bertz CT molecular complexity index is 3150. The minimum Gasteiger partial charge on any atom is -0.456 e. The predicted molar refractivity (Wildman–Crippen MR) is 230 cm³/mol. The minimum atomic E-state index is -0.264. The topological polar surface area (TPSA) is 75.7 Å². The Hall–Kier alpha value is -7.22. The molecular weight excluding hydrogens is 707 g/mol. The summed E-state index contributed by atoms with van der Waals surface area (Å²) in [6.45, 7) is 0. The molecule has 3 aromatic heterocycles. The Morgan fingerprint density at radius 1 is 0.518 bits per heavy atom. The van der Waals surface area contributed by atoms with Crippen molar-refractivity contribution in [1.29, 1.82) is 0 Å². The largest absolute Gasteiger partial charge is 0.456 e. The van der Waals surface area contributed by atoms with Crippen LogP contribution in [0.1, 0.15) is 22.9 Å². The molecule has 1 aliphatic heterocycles. The number of aromatic nitrogens is 2. The van der Waals surface area contributed by atoms with Crippen LogP contribution in [0.2, 0.25) is 0 Å². The second kappa shape index (κ2) is 13.3. The van der Waals surface area contributed by atoms with Crippen LogP contribution < -0.4 is 5.32 Å². The van der Waals surface area contributed by atoms with Gasteiger partial charge in [0.15, 0.2) is 11.7 Å². The number of amidine groups is 2. The Morgan fingerprint density at radius 2 is 1.14 bits per heavy atom. The smallest absolute Gasteiger partial charge is 0.160 e. The van der Waals surface area contributed by atoms with Gasteiger partial charge in [-0.1, -0.05) is 158 Å². The lowest BCUT2D eigenvalue weighted by Gasteiger charge is -2.23. The molecule has 10 aromatic rings. The first-order chi connectivity index (χ1) is 27.7. The highest BCUT2D eigenvalue weighted by Crippen LogP contribution is 2.45. The zero-order chi connectivity index (χ0) is 37.0. The van der Waals surface area contributed by atoms with Gasteiger partial charge in [-0.3, -0.25) is 0 Å². The molecule has 0 bridgehead atoms. The number of thiophene rings is 1. The molecule has 1 atom stereocenters. The van der Waals surface area contributed by atoms with E-state index in [9.17, 15) is 0 Å². The molecule has 56 heavy (non-hydrogen) atoms. The minimum absolute atomic E-state index is 0.264. The fourth-order valence-electron chi connectivity index (χ4n) is 7.72. The van der Waals surface area contributed by atoms with E-state index in [1.807, 2.05) is 60.7 Å². The molecule has 4 heterocycles. The average Bonchev–Trinajstić information content (AvgIpc) is 3.86. The van der Waals surface area contributed by atoms with Crippen LogP contribution in [0.5, 0.6) is 0 Å². The normalized spacial score (nSPS) is 14.2. The number of rotatable bonds is 6. The maximum Gasteiger partial charge on any atom is 0.160 e. The average molecular weight is 738 g/mol. The van der Waals surface area contributed by atoms with Crippen LogP contribution in [0.25, 0.3) is 76.0 Å². The molecule has 1 unspecified atom stereocenters. The molecule has 1 aliphatic rings. The summed E-state index contributed by atoms with van der Waals surface area (Å²) in [5.74, 6) is 2.18. The quantitative estimate of drug-likeness (QED) is 0.184. The third kappa shape index (κ3) is 5.48. The Balaban J connectivity index is 1.07. The molecule has 7 aromatic carbocycles. The first-order valence-corrected chi connectivity index (χ1v) is 19.4. The van der Waals surface area contributed by atoms with E-state index in [2.05, 4.69) is 121 Å². The number of furan rings is 1. The van der Waals surface area contributed by atoms with Gasteiger partial charge in [0.25, 0.3) is 0 Å². The molecule has 0 saturated carbocycles. The van der Waals surface area contributed by atoms with Crippen LogP contribution in [-0.4, -0.2) is 21.6 Å². The highest BCUT2D eigenvalue weighted by atomic mass is 32.1. The first-order valence-electron chi connectivity index (χ1n) is 18.6. The molecule has 7 heteroatoms. The summed E-state index contributed by atoms with van der Waals surface area (Å²) in [6.07, 6.45) is -0.264. The van der Waals surface area contributed by atoms with Gasteiger partial charge in [0, 0.05) is 43.1 Å². The number of nitrogens with one attached hydrogen (secondary N) is 1. The van der Waals surface area contributed by atoms with E-state index in [-0.39, 0.29) is 6.17 Å². The van der Waals surface area contributed by atoms with E-state index >= 15 is 0 Å². The van der Waals surface area contributed by atoms with Crippen molar-refractivity contribution in [1.82, 2.24) is 15.3 Å². The summed E-state index contributed by atoms with van der Waals surface area (Å²) in [5, 5.41) is 6.76. The molecule has 0 fully saturated rings. The summed E-state index contributed by atoms with van der Waals surface area (Å²) in [6, 6.07) is 60.3. The van der Waals surface area contributed by atoms with Crippen molar-refractivity contribution in [3.8, 4) is 33.8 Å². The summed E-state index contributed by atoms with van der Waals surface area (Å²) in [4.78, 5) is 20.6. The molecule has 1 N–H and O–H groups in total. The van der Waals surface area contributed by atoms with Gasteiger partial charge in [-0.2, -0.15) is 0 Å². The zero-order valence-corrected chi connectivity index (χ0v) is 30.7. The van der Waals surface area contributed by atoms with Crippen molar-refractivity contribution in [3.63, 3.8) is 0 Å². The number of hydrogen-bond donors (Lipinski definition) is 1. The van der Waals surface area contributed by atoms with Gasteiger partial charge < -0.3 is 9.73 Å². The number of fused-ring (bicyclic) bond motifs is 6. The lowest BCUT2D eigenvalue weighted by Crippen LogP contribution is -2.33.